The lowest BCUT2D eigenvalue weighted by atomic mass is 9.95. The second kappa shape index (κ2) is 6.92. The molecule has 0 spiro atoms. The van der Waals surface area contributed by atoms with Crippen LogP contribution in [-0.4, -0.2) is 35.6 Å². The van der Waals surface area contributed by atoms with E-state index in [-0.39, 0.29) is 13.2 Å². The largest absolute Gasteiger partial charge is 0.488 e. The first kappa shape index (κ1) is 18.5. The normalized spacial score (nSPS) is 15.2. The summed E-state index contributed by atoms with van der Waals surface area (Å²) in [6.07, 6.45) is 1.78. The molecule has 2 amide bonds. The predicted molar refractivity (Wildman–Crippen MR) is 102 cm³/mol. The van der Waals surface area contributed by atoms with Gasteiger partial charge in [-0.1, -0.05) is 0 Å². The molecule has 3 heterocycles. The number of carbonyl (C=O) groups excluding carboxylic acids is 2. The summed E-state index contributed by atoms with van der Waals surface area (Å²) < 4.78 is 16.6. The molecule has 0 radical (unpaired) electrons. The molecule has 0 bridgehead atoms. The Hall–Kier alpha value is -2.91. The lowest BCUT2D eigenvalue weighted by Crippen LogP contribution is -2.69. The highest BCUT2D eigenvalue weighted by Gasteiger charge is 2.46. The molecule has 1 fully saturated rings. The van der Waals surface area contributed by atoms with Crippen LogP contribution in [0.4, 0.5) is 0 Å². The number of hydrogen-bond donors (Lipinski definition) is 2. The Morgan fingerprint density at radius 3 is 2.75 bits per heavy atom. The first-order chi connectivity index (χ1) is 13.4. The molecule has 3 aromatic rings. The molecular weight excluding hydrogens is 382 g/mol. The Kier molecular flexibility index (Phi) is 4.56. The van der Waals surface area contributed by atoms with Gasteiger partial charge in [-0.05, 0) is 32.0 Å². The highest BCUT2D eigenvalue weighted by atomic mass is 32.1. The van der Waals surface area contributed by atoms with Gasteiger partial charge in [0.2, 0.25) is 5.91 Å². The number of hydrogen-bond acceptors (Lipinski definition) is 7. The van der Waals surface area contributed by atoms with Crippen molar-refractivity contribution < 1.29 is 23.5 Å². The van der Waals surface area contributed by atoms with Crippen LogP contribution >= 0.6 is 11.3 Å². The van der Waals surface area contributed by atoms with E-state index in [1.165, 1.54) is 0 Å². The number of nitrogens with zero attached hydrogens (tertiary/aromatic N) is 1. The van der Waals surface area contributed by atoms with Crippen molar-refractivity contribution in [3.63, 3.8) is 0 Å². The second-order valence-corrected chi connectivity index (χ2v) is 8.04. The Balaban J connectivity index is 1.60. The van der Waals surface area contributed by atoms with E-state index in [1.807, 2.05) is 6.92 Å². The zero-order valence-electron chi connectivity index (χ0n) is 15.4. The molecule has 146 valence electrons. The molecule has 1 aliphatic heterocycles. The maximum Gasteiger partial charge on any atom is 0.256 e. The second-order valence-electron chi connectivity index (χ2n) is 6.72. The number of fused-ring (bicyclic) bond motifs is 1. The van der Waals surface area contributed by atoms with Gasteiger partial charge in [0.15, 0.2) is 5.54 Å². The van der Waals surface area contributed by atoms with Crippen LogP contribution in [0.1, 0.15) is 26.0 Å². The van der Waals surface area contributed by atoms with E-state index >= 15 is 0 Å². The Morgan fingerprint density at radius 2 is 2.14 bits per heavy atom. The van der Waals surface area contributed by atoms with Crippen molar-refractivity contribution in [2.24, 2.45) is 5.73 Å². The summed E-state index contributed by atoms with van der Waals surface area (Å²) in [4.78, 5) is 29.8. The fourth-order valence-corrected chi connectivity index (χ4v) is 3.77. The SMILES string of the molecule is Cc1ncc(COc2ccc3oc(C)c(C(=O)NC4(C(N)=O)COC4)c3c2)s1. The number of primary amides is 1. The summed E-state index contributed by atoms with van der Waals surface area (Å²) in [5.74, 6) is -0.0115. The molecule has 0 aliphatic carbocycles. The van der Waals surface area contributed by atoms with Crippen molar-refractivity contribution in [2.45, 2.75) is 26.0 Å². The topological polar surface area (TPSA) is 117 Å². The number of furan rings is 1. The summed E-state index contributed by atoms with van der Waals surface area (Å²) in [6.45, 7) is 4.14. The van der Waals surface area contributed by atoms with Crippen molar-refractivity contribution in [1.82, 2.24) is 10.3 Å². The minimum absolute atomic E-state index is 0.0610. The number of amides is 2. The zero-order valence-corrected chi connectivity index (χ0v) is 16.2. The molecule has 28 heavy (non-hydrogen) atoms. The number of ether oxygens (including phenoxy) is 2. The van der Waals surface area contributed by atoms with Crippen molar-refractivity contribution in [3.8, 4) is 5.75 Å². The highest BCUT2D eigenvalue weighted by molar-refractivity contribution is 7.11. The zero-order chi connectivity index (χ0) is 19.9. The number of thiazole rings is 1. The quantitative estimate of drug-likeness (QED) is 0.653. The average molecular weight is 401 g/mol. The molecule has 9 heteroatoms. The van der Waals surface area contributed by atoms with Crippen LogP contribution < -0.4 is 15.8 Å². The van der Waals surface area contributed by atoms with Crippen LogP contribution in [0.5, 0.6) is 5.75 Å². The number of aryl methyl sites for hydroxylation is 2. The third-order valence-electron chi connectivity index (χ3n) is 4.63. The van der Waals surface area contributed by atoms with Crippen molar-refractivity contribution in [2.75, 3.05) is 13.2 Å². The number of aromatic nitrogens is 1. The molecule has 4 rings (SSSR count). The smallest absolute Gasteiger partial charge is 0.256 e. The summed E-state index contributed by atoms with van der Waals surface area (Å²) in [5.41, 5.74) is 5.15. The number of benzene rings is 1. The van der Waals surface area contributed by atoms with Crippen molar-refractivity contribution in [1.29, 1.82) is 0 Å². The van der Waals surface area contributed by atoms with Gasteiger partial charge in [-0.15, -0.1) is 11.3 Å². The van der Waals surface area contributed by atoms with Crippen LogP contribution in [-0.2, 0) is 16.1 Å². The first-order valence-electron chi connectivity index (χ1n) is 8.65. The fourth-order valence-electron chi connectivity index (χ4n) is 3.06. The Morgan fingerprint density at radius 1 is 1.36 bits per heavy atom. The van der Waals surface area contributed by atoms with Crippen molar-refractivity contribution in [3.05, 3.63) is 45.6 Å². The van der Waals surface area contributed by atoms with E-state index in [4.69, 9.17) is 19.6 Å². The van der Waals surface area contributed by atoms with Gasteiger partial charge < -0.3 is 24.9 Å². The molecule has 0 unspecified atom stereocenters. The van der Waals surface area contributed by atoms with Crippen LogP contribution in [0.3, 0.4) is 0 Å². The average Bonchev–Trinajstić information content (AvgIpc) is 3.17. The summed E-state index contributed by atoms with van der Waals surface area (Å²) >= 11 is 1.57. The molecular formula is C19H19N3O5S. The van der Waals surface area contributed by atoms with Crippen molar-refractivity contribution >= 4 is 34.1 Å². The third kappa shape index (κ3) is 3.23. The standard InChI is InChI=1S/C19H19N3O5S/c1-10-16(17(23)22-19(18(20)24)8-25-9-19)14-5-12(3-4-15(14)27-10)26-7-13-6-21-11(2)28-13/h3-6H,7-9H2,1-2H3,(H2,20,24)(H,22,23). The van der Waals surface area contributed by atoms with Crippen LogP contribution in [0, 0.1) is 13.8 Å². The molecule has 0 atom stereocenters. The summed E-state index contributed by atoms with van der Waals surface area (Å²) in [7, 11) is 0. The van der Waals surface area contributed by atoms with E-state index in [1.54, 1.807) is 42.7 Å². The number of nitrogens with one attached hydrogen (secondary N) is 1. The van der Waals surface area contributed by atoms with Gasteiger partial charge in [0.05, 0.1) is 28.7 Å². The molecule has 3 N–H and O–H groups in total. The molecule has 2 aromatic heterocycles. The van der Waals surface area contributed by atoms with Gasteiger partial charge in [-0.2, -0.15) is 0 Å². The maximum absolute atomic E-state index is 12.9. The Labute approximate surface area is 164 Å². The fraction of sp³-hybridized carbons (Fsp3) is 0.316. The van der Waals surface area contributed by atoms with E-state index in [2.05, 4.69) is 10.3 Å². The van der Waals surface area contributed by atoms with E-state index in [0.717, 1.165) is 9.88 Å². The van der Waals surface area contributed by atoms with Crippen LogP contribution in [0.2, 0.25) is 0 Å². The highest BCUT2D eigenvalue weighted by Crippen LogP contribution is 2.30. The molecule has 0 saturated carbocycles. The van der Waals surface area contributed by atoms with E-state index < -0.39 is 17.4 Å². The monoisotopic (exact) mass is 401 g/mol. The van der Waals surface area contributed by atoms with Crippen LogP contribution in [0.25, 0.3) is 11.0 Å². The molecule has 1 aliphatic rings. The molecule has 1 aromatic carbocycles. The third-order valence-corrected chi connectivity index (χ3v) is 5.52. The first-order valence-corrected chi connectivity index (χ1v) is 9.47. The molecule has 1 saturated heterocycles. The minimum Gasteiger partial charge on any atom is -0.488 e. The number of carbonyl (C=O) groups is 2. The minimum atomic E-state index is -1.18. The number of rotatable bonds is 6. The van der Waals surface area contributed by atoms with E-state index in [9.17, 15) is 9.59 Å². The van der Waals surface area contributed by atoms with E-state index in [0.29, 0.717) is 34.6 Å². The van der Waals surface area contributed by atoms with Crippen LogP contribution in [0.15, 0.2) is 28.8 Å². The number of nitrogens with two attached hydrogens (primary N) is 1. The van der Waals surface area contributed by atoms with Gasteiger partial charge in [0, 0.05) is 11.6 Å². The van der Waals surface area contributed by atoms with Gasteiger partial charge in [0.25, 0.3) is 5.91 Å². The van der Waals surface area contributed by atoms with Gasteiger partial charge in [0.1, 0.15) is 23.7 Å². The van der Waals surface area contributed by atoms with Gasteiger partial charge in [-0.25, -0.2) is 4.98 Å². The van der Waals surface area contributed by atoms with Gasteiger partial charge in [-0.3, -0.25) is 9.59 Å². The molecule has 8 nitrogen and oxygen atoms in total. The maximum atomic E-state index is 12.9. The predicted octanol–water partition coefficient (Wildman–Crippen LogP) is 2.07. The summed E-state index contributed by atoms with van der Waals surface area (Å²) in [6, 6.07) is 5.29. The lowest BCUT2D eigenvalue weighted by molar-refractivity contribution is -0.143. The Bertz CT molecular complexity index is 1070. The lowest BCUT2D eigenvalue weighted by Gasteiger charge is -2.38. The van der Waals surface area contributed by atoms with Gasteiger partial charge >= 0.3 is 0 Å². The summed E-state index contributed by atoms with van der Waals surface area (Å²) in [5, 5.41) is 4.28.